The van der Waals surface area contributed by atoms with E-state index in [1.807, 2.05) is 37.3 Å². The molecule has 2 aromatic heterocycles. The third-order valence-electron chi connectivity index (χ3n) is 3.50. The largest absolute Gasteiger partial charge is 0.328 e. The maximum absolute atomic E-state index is 12.5. The Morgan fingerprint density at radius 1 is 1.38 bits per heavy atom. The molecule has 0 fully saturated rings. The van der Waals surface area contributed by atoms with Gasteiger partial charge in [0, 0.05) is 6.54 Å². The fraction of sp³-hybridized carbons (Fsp3) is 0.250. The van der Waals surface area contributed by atoms with Crippen LogP contribution in [0.1, 0.15) is 28.0 Å². The molecule has 0 radical (unpaired) electrons. The summed E-state index contributed by atoms with van der Waals surface area (Å²) < 4.78 is 3.14. The fourth-order valence-electron chi connectivity index (χ4n) is 2.44. The molecule has 0 saturated heterocycles. The van der Waals surface area contributed by atoms with Crippen molar-refractivity contribution in [2.75, 3.05) is 0 Å². The molecule has 21 heavy (non-hydrogen) atoms. The number of nitrogens with zero attached hydrogens (tertiary/aromatic N) is 2. The van der Waals surface area contributed by atoms with E-state index in [2.05, 4.69) is 32.4 Å². The predicted octanol–water partition coefficient (Wildman–Crippen LogP) is 4.61. The van der Waals surface area contributed by atoms with Gasteiger partial charge in [-0.05, 0) is 53.5 Å². The van der Waals surface area contributed by atoms with E-state index in [-0.39, 0.29) is 5.78 Å². The van der Waals surface area contributed by atoms with E-state index < -0.39 is 0 Å². The van der Waals surface area contributed by atoms with Crippen molar-refractivity contribution in [3.63, 3.8) is 0 Å². The Labute approximate surface area is 135 Å². The Morgan fingerprint density at radius 2 is 2.14 bits per heavy atom. The fourth-order valence-corrected chi connectivity index (χ4v) is 3.91. The highest BCUT2D eigenvalue weighted by Crippen LogP contribution is 2.28. The number of hydrogen-bond acceptors (Lipinski definition) is 3. The lowest BCUT2D eigenvalue weighted by molar-refractivity contribution is 0.0994. The van der Waals surface area contributed by atoms with Crippen LogP contribution in [-0.4, -0.2) is 15.3 Å². The van der Waals surface area contributed by atoms with Crippen molar-refractivity contribution in [1.29, 1.82) is 0 Å². The lowest BCUT2D eigenvalue weighted by Crippen LogP contribution is -2.08. The number of aromatic nitrogens is 2. The molecule has 3 rings (SSSR count). The first kappa shape index (κ1) is 14.5. The minimum Gasteiger partial charge on any atom is -0.328 e. The number of hydrogen-bond donors (Lipinski definition) is 0. The number of Topliss-reactive ketones (excluding diaryl/α,β-unsaturated/α-hetero) is 1. The van der Waals surface area contributed by atoms with Crippen LogP contribution < -0.4 is 0 Å². The van der Waals surface area contributed by atoms with E-state index in [9.17, 15) is 4.79 Å². The van der Waals surface area contributed by atoms with Crippen LogP contribution in [0.5, 0.6) is 0 Å². The van der Waals surface area contributed by atoms with Gasteiger partial charge in [-0.25, -0.2) is 4.98 Å². The first-order chi connectivity index (χ1) is 10.1. The monoisotopic (exact) mass is 362 g/mol. The quantitative estimate of drug-likeness (QED) is 0.635. The highest BCUT2D eigenvalue weighted by molar-refractivity contribution is 9.11. The van der Waals surface area contributed by atoms with Crippen LogP contribution in [0.2, 0.25) is 0 Å². The molecule has 0 amide bonds. The van der Waals surface area contributed by atoms with Gasteiger partial charge in [-0.1, -0.05) is 12.1 Å². The molecule has 2 heterocycles. The summed E-state index contributed by atoms with van der Waals surface area (Å²) in [6.45, 7) is 4.89. The third-order valence-corrected chi connectivity index (χ3v) is 5.68. The Bertz CT molecular complexity index is 799. The maximum Gasteiger partial charge on any atom is 0.180 e. The lowest BCUT2D eigenvalue weighted by atomic mass is 10.2. The number of ketones is 1. The van der Waals surface area contributed by atoms with Gasteiger partial charge in [-0.3, -0.25) is 4.79 Å². The second kappa shape index (κ2) is 5.73. The van der Waals surface area contributed by atoms with Crippen LogP contribution >= 0.6 is 27.3 Å². The van der Waals surface area contributed by atoms with Crippen molar-refractivity contribution in [2.24, 2.45) is 0 Å². The van der Waals surface area contributed by atoms with Crippen molar-refractivity contribution in [2.45, 2.75) is 26.8 Å². The summed E-state index contributed by atoms with van der Waals surface area (Å²) in [5.41, 5.74) is 3.14. The van der Waals surface area contributed by atoms with Gasteiger partial charge in [0.1, 0.15) is 5.82 Å². The van der Waals surface area contributed by atoms with Crippen molar-refractivity contribution >= 4 is 44.1 Å². The number of halogens is 1. The molecule has 3 aromatic rings. The molecule has 0 unspecified atom stereocenters. The lowest BCUT2D eigenvalue weighted by Gasteiger charge is -2.04. The van der Waals surface area contributed by atoms with E-state index in [1.54, 1.807) is 0 Å². The van der Waals surface area contributed by atoms with Crippen LogP contribution in [0.15, 0.2) is 34.1 Å². The summed E-state index contributed by atoms with van der Waals surface area (Å²) in [6.07, 6.45) is 0.342. The molecule has 1 aromatic carbocycles. The molecule has 0 aliphatic rings. The Hall–Kier alpha value is -1.46. The Morgan fingerprint density at radius 3 is 2.81 bits per heavy atom. The second-order valence-corrected chi connectivity index (χ2v) is 7.30. The first-order valence-electron chi connectivity index (χ1n) is 6.83. The molecule has 0 saturated carbocycles. The van der Waals surface area contributed by atoms with Gasteiger partial charge in [0.05, 0.1) is 26.1 Å². The van der Waals surface area contributed by atoms with Gasteiger partial charge in [-0.15, -0.1) is 11.3 Å². The zero-order valence-electron chi connectivity index (χ0n) is 11.9. The zero-order valence-corrected chi connectivity index (χ0v) is 14.3. The van der Waals surface area contributed by atoms with E-state index in [4.69, 9.17) is 0 Å². The van der Waals surface area contributed by atoms with Gasteiger partial charge in [-0.2, -0.15) is 0 Å². The van der Waals surface area contributed by atoms with E-state index in [0.717, 1.165) is 37.6 Å². The van der Waals surface area contributed by atoms with Crippen molar-refractivity contribution in [1.82, 2.24) is 9.55 Å². The summed E-state index contributed by atoms with van der Waals surface area (Å²) in [5.74, 6) is 0.963. The Kier molecular flexibility index (Phi) is 3.95. The second-order valence-electron chi connectivity index (χ2n) is 4.93. The van der Waals surface area contributed by atoms with Gasteiger partial charge in [0.2, 0.25) is 0 Å². The number of imidazole rings is 1. The highest BCUT2D eigenvalue weighted by atomic mass is 79.9. The smallest absolute Gasteiger partial charge is 0.180 e. The molecule has 0 aliphatic heterocycles. The standard InChI is InChI=1S/C16H15BrN2OS/c1-3-19-12-7-5-4-6-11(12)18-15(19)9-13(20)14-8-10(2)16(17)21-14/h4-8H,3,9H2,1-2H3. The number of benzene rings is 1. The number of fused-ring (bicyclic) bond motifs is 1. The Balaban J connectivity index is 1.96. The maximum atomic E-state index is 12.5. The number of carbonyl (C=O) groups is 1. The van der Waals surface area contributed by atoms with Crippen LogP contribution in [0.3, 0.4) is 0 Å². The van der Waals surface area contributed by atoms with E-state index in [0.29, 0.717) is 6.42 Å². The number of carbonyl (C=O) groups excluding carboxylic acids is 1. The number of rotatable bonds is 4. The topological polar surface area (TPSA) is 34.9 Å². The summed E-state index contributed by atoms with van der Waals surface area (Å²) >= 11 is 4.96. The summed E-state index contributed by atoms with van der Waals surface area (Å²) in [7, 11) is 0. The minimum atomic E-state index is 0.124. The van der Waals surface area contributed by atoms with Crippen molar-refractivity contribution in [3.05, 3.63) is 50.4 Å². The normalized spacial score (nSPS) is 11.2. The average molecular weight is 363 g/mol. The zero-order chi connectivity index (χ0) is 15.0. The van der Waals surface area contributed by atoms with Gasteiger partial charge in [0.15, 0.2) is 5.78 Å². The predicted molar refractivity (Wildman–Crippen MR) is 90.2 cm³/mol. The number of aryl methyl sites for hydroxylation is 2. The van der Waals surface area contributed by atoms with E-state index in [1.165, 1.54) is 11.3 Å². The summed E-state index contributed by atoms with van der Waals surface area (Å²) in [5, 5.41) is 0. The SMILES string of the molecule is CCn1c(CC(=O)c2cc(C)c(Br)s2)nc2ccccc21. The molecule has 0 bridgehead atoms. The molecule has 0 aliphatic carbocycles. The molecular formula is C16H15BrN2OS. The summed E-state index contributed by atoms with van der Waals surface area (Å²) in [6, 6.07) is 9.95. The molecule has 0 atom stereocenters. The molecule has 0 N–H and O–H groups in total. The van der Waals surface area contributed by atoms with Crippen LogP contribution in [0.25, 0.3) is 11.0 Å². The molecule has 108 valence electrons. The molecule has 0 spiro atoms. The highest BCUT2D eigenvalue weighted by Gasteiger charge is 2.16. The van der Waals surface area contributed by atoms with Gasteiger partial charge in [0.25, 0.3) is 0 Å². The number of para-hydroxylation sites is 2. The number of thiophene rings is 1. The van der Waals surface area contributed by atoms with E-state index >= 15 is 0 Å². The summed E-state index contributed by atoms with van der Waals surface area (Å²) in [4.78, 5) is 17.9. The van der Waals surface area contributed by atoms with Crippen LogP contribution in [0, 0.1) is 6.92 Å². The third kappa shape index (κ3) is 2.68. The van der Waals surface area contributed by atoms with Gasteiger partial charge >= 0.3 is 0 Å². The van der Waals surface area contributed by atoms with Gasteiger partial charge < -0.3 is 4.57 Å². The first-order valence-corrected chi connectivity index (χ1v) is 8.44. The molecular weight excluding hydrogens is 348 g/mol. The minimum absolute atomic E-state index is 0.124. The van der Waals surface area contributed by atoms with Crippen molar-refractivity contribution in [3.8, 4) is 0 Å². The van der Waals surface area contributed by atoms with Crippen LogP contribution in [0.4, 0.5) is 0 Å². The van der Waals surface area contributed by atoms with Crippen LogP contribution in [-0.2, 0) is 13.0 Å². The molecule has 3 nitrogen and oxygen atoms in total. The average Bonchev–Trinajstić information content (AvgIpc) is 2.99. The van der Waals surface area contributed by atoms with Crippen molar-refractivity contribution < 1.29 is 4.79 Å². The molecule has 5 heteroatoms.